The van der Waals surface area contributed by atoms with E-state index in [4.69, 9.17) is 9.47 Å². The highest BCUT2D eigenvalue weighted by Crippen LogP contribution is 2.12. The SMILES string of the molecule is CCCCOC(=O)/C=C(\C[SiH](c1ccccc1)c1ccccc1)C(=O)OCCCC. The van der Waals surface area contributed by atoms with E-state index in [1.807, 2.05) is 50.2 Å². The molecule has 4 nitrogen and oxygen atoms in total. The molecule has 0 unspecified atom stereocenters. The zero-order valence-corrected chi connectivity index (χ0v) is 19.2. The van der Waals surface area contributed by atoms with Gasteiger partial charge in [-0.05, 0) is 18.9 Å². The molecule has 0 aliphatic carbocycles. The lowest BCUT2D eigenvalue weighted by atomic mass is 10.3. The molecule has 0 aromatic heterocycles. The smallest absolute Gasteiger partial charge is 0.333 e. The van der Waals surface area contributed by atoms with Crippen LogP contribution in [-0.4, -0.2) is 33.9 Å². The second kappa shape index (κ2) is 13.5. The summed E-state index contributed by atoms with van der Waals surface area (Å²) in [5, 5.41) is 2.44. The topological polar surface area (TPSA) is 52.6 Å². The molecule has 0 radical (unpaired) electrons. The van der Waals surface area contributed by atoms with Crippen molar-refractivity contribution in [2.75, 3.05) is 13.2 Å². The molecule has 0 aliphatic rings. The normalized spacial score (nSPS) is 11.4. The Kier molecular flexibility index (Phi) is 10.7. The Bertz CT molecular complexity index is 763. The highest BCUT2D eigenvalue weighted by molar-refractivity contribution is 6.85. The van der Waals surface area contributed by atoms with Crippen LogP contribution in [0.25, 0.3) is 0 Å². The molecular formula is C25H32O4Si. The number of benzene rings is 2. The van der Waals surface area contributed by atoms with Gasteiger partial charge in [0.15, 0.2) is 0 Å². The number of carbonyl (C=O) groups excluding carboxylic acids is 2. The first-order chi connectivity index (χ1) is 14.7. The monoisotopic (exact) mass is 424 g/mol. The lowest BCUT2D eigenvalue weighted by Gasteiger charge is -2.18. The molecule has 0 aliphatic heterocycles. The Morgan fingerprint density at radius 2 is 1.30 bits per heavy atom. The van der Waals surface area contributed by atoms with Gasteiger partial charge in [0.2, 0.25) is 0 Å². The van der Waals surface area contributed by atoms with Crippen molar-refractivity contribution in [1.82, 2.24) is 0 Å². The van der Waals surface area contributed by atoms with E-state index in [2.05, 4.69) is 24.3 Å². The zero-order chi connectivity index (χ0) is 21.6. The Hall–Kier alpha value is -2.66. The molecule has 2 aromatic carbocycles. The highest BCUT2D eigenvalue weighted by atomic mass is 28.3. The largest absolute Gasteiger partial charge is 0.463 e. The van der Waals surface area contributed by atoms with E-state index in [-0.39, 0.29) is 0 Å². The molecule has 0 saturated carbocycles. The lowest BCUT2D eigenvalue weighted by molar-refractivity contribution is -0.141. The summed E-state index contributed by atoms with van der Waals surface area (Å²) in [7, 11) is -1.77. The first-order valence-corrected chi connectivity index (χ1v) is 12.8. The number of hydrogen-bond donors (Lipinski definition) is 0. The average Bonchev–Trinajstić information content (AvgIpc) is 2.78. The Balaban J connectivity index is 2.29. The summed E-state index contributed by atoms with van der Waals surface area (Å²) in [5.41, 5.74) is 0.400. The van der Waals surface area contributed by atoms with Gasteiger partial charge >= 0.3 is 11.9 Å². The van der Waals surface area contributed by atoms with E-state index in [9.17, 15) is 9.59 Å². The summed E-state index contributed by atoms with van der Waals surface area (Å²) < 4.78 is 10.7. The van der Waals surface area contributed by atoms with Gasteiger partial charge in [-0.1, -0.05) is 97.7 Å². The molecular weight excluding hydrogens is 392 g/mol. The molecule has 30 heavy (non-hydrogen) atoms. The van der Waals surface area contributed by atoms with E-state index in [0.29, 0.717) is 24.8 Å². The van der Waals surface area contributed by atoms with Crippen LogP contribution in [0.5, 0.6) is 0 Å². The molecule has 0 amide bonds. The zero-order valence-electron chi connectivity index (χ0n) is 18.0. The maximum Gasteiger partial charge on any atom is 0.333 e. The summed E-state index contributed by atoms with van der Waals surface area (Å²) >= 11 is 0. The van der Waals surface area contributed by atoms with Crippen molar-refractivity contribution >= 4 is 31.1 Å². The van der Waals surface area contributed by atoms with Gasteiger partial charge in [0.05, 0.1) is 13.2 Å². The summed E-state index contributed by atoms with van der Waals surface area (Å²) in [6.45, 7) is 4.81. The maximum atomic E-state index is 12.8. The Labute approximate surface area is 181 Å². The minimum absolute atomic E-state index is 0.362. The van der Waals surface area contributed by atoms with Gasteiger partial charge in [0, 0.05) is 11.6 Å². The van der Waals surface area contributed by atoms with Crippen molar-refractivity contribution < 1.29 is 19.1 Å². The van der Waals surface area contributed by atoms with Crippen LogP contribution in [0.4, 0.5) is 0 Å². The molecule has 2 rings (SSSR count). The van der Waals surface area contributed by atoms with E-state index < -0.39 is 20.7 Å². The number of ether oxygens (including phenoxy) is 2. The van der Waals surface area contributed by atoms with Crippen molar-refractivity contribution in [2.45, 2.75) is 45.6 Å². The van der Waals surface area contributed by atoms with Crippen LogP contribution in [0.15, 0.2) is 72.3 Å². The van der Waals surface area contributed by atoms with Crippen LogP contribution in [0.1, 0.15) is 39.5 Å². The van der Waals surface area contributed by atoms with Gasteiger partial charge in [-0.15, -0.1) is 0 Å². The summed E-state index contributed by atoms with van der Waals surface area (Å²) in [5.74, 6) is -0.889. The summed E-state index contributed by atoms with van der Waals surface area (Å²) in [6.07, 6.45) is 4.84. The van der Waals surface area contributed by atoms with Crippen molar-refractivity contribution in [2.24, 2.45) is 0 Å². The number of carbonyl (C=O) groups is 2. The molecule has 0 spiro atoms. The van der Waals surface area contributed by atoms with Gasteiger partial charge in [-0.25, -0.2) is 9.59 Å². The third-order valence-corrected chi connectivity index (χ3v) is 8.08. The van der Waals surface area contributed by atoms with Gasteiger partial charge in [0.1, 0.15) is 8.80 Å². The van der Waals surface area contributed by atoms with Crippen molar-refractivity contribution in [3.05, 3.63) is 72.3 Å². The van der Waals surface area contributed by atoms with Crippen LogP contribution < -0.4 is 10.4 Å². The molecule has 160 valence electrons. The van der Waals surface area contributed by atoms with Crippen molar-refractivity contribution in [3.8, 4) is 0 Å². The number of hydrogen-bond acceptors (Lipinski definition) is 4. The maximum absolute atomic E-state index is 12.8. The van der Waals surface area contributed by atoms with Crippen LogP contribution in [0.2, 0.25) is 6.04 Å². The predicted molar refractivity (Wildman–Crippen MR) is 124 cm³/mol. The molecule has 0 bridgehead atoms. The summed E-state index contributed by atoms with van der Waals surface area (Å²) in [4.78, 5) is 25.1. The number of rotatable bonds is 12. The third kappa shape index (κ3) is 7.99. The molecule has 0 heterocycles. The van der Waals surface area contributed by atoms with E-state index in [1.54, 1.807) is 0 Å². The van der Waals surface area contributed by atoms with Crippen LogP contribution >= 0.6 is 0 Å². The Morgan fingerprint density at radius 3 is 1.80 bits per heavy atom. The molecule has 0 N–H and O–H groups in total. The minimum atomic E-state index is -1.77. The van der Waals surface area contributed by atoms with Gasteiger partial charge in [-0.3, -0.25) is 0 Å². The Morgan fingerprint density at radius 1 is 0.800 bits per heavy atom. The predicted octanol–water partition coefficient (Wildman–Crippen LogP) is 3.64. The van der Waals surface area contributed by atoms with Crippen LogP contribution in [0.3, 0.4) is 0 Å². The highest BCUT2D eigenvalue weighted by Gasteiger charge is 2.23. The number of unbranched alkanes of at least 4 members (excludes halogenated alkanes) is 2. The lowest BCUT2D eigenvalue weighted by Crippen LogP contribution is -2.42. The second-order valence-corrected chi connectivity index (χ2v) is 10.1. The van der Waals surface area contributed by atoms with Crippen molar-refractivity contribution in [1.29, 1.82) is 0 Å². The fourth-order valence-corrected chi connectivity index (χ4v) is 6.08. The van der Waals surface area contributed by atoms with Crippen LogP contribution in [0, 0.1) is 0 Å². The average molecular weight is 425 g/mol. The van der Waals surface area contributed by atoms with Gasteiger partial charge < -0.3 is 9.47 Å². The molecule has 0 fully saturated rings. The first kappa shape index (κ1) is 23.6. The van der Waals surface area contributed by atoms with Crippen molar-refractivity contribution in [3.63, 3.8) is 0 Å². The quantitative estimate of drug-likeness (QED) is 0.226. The minimum Gasteiger partial charge on any atom is -0.463 e. The summed E-state index contributed by atoms with van der Waals surface area (Å²) in [6, 6.07) is 20.9. The molecule has 0 atom stereocenters. The first-order valence-electron chi connectivity index (χ1n) is 10.8. The van der Waals surface area contributed by atoms with E-state index in [0.717, 1.165) is 25.7 Å². The number of esters is 2. The van der Waals surface area contributed by atoms with Crippen LogP contribution in [-0.2, 0) is 19.1 Å². The molecule has 5 heteroatoms. The third-order valence-electron chi connectivity index (χ3n) is 4.86. The van der Waals surface area contributed by atoms with Gasteiger partial charge in [0.25, 0.3) is 0 Å². The van der Waals surface area contributed by atoms with E-state index >= 15 is 0 Å². The van der Waals surface area contributed by atoms with E-state index in [1.165, 1.54) is 16.4 Å². The second-order valence-electron chi connectivity index (χ2n) is 7.26. The molecule has 0 saturated heterocycles. The molecule has 2 aromatic rings. The van der Waals surface area contributed by atoms with Gasteiger partial charge in [-0.2, -0.15) is 0 Å². The fourth-order valence-electron chi connectivity index (χ4n) is 3.12. The fraction of sp³-hybridized carbons (Fsp3) is 0.360. The standard InChI is InChI=1S/C25H32O4Si/c1-3-5-17-28-24(26)19-21(25(27)29-18-6-4-2)20-30(22-13-9-7-10-14-22)23-15-11-8-12-16-23/h7-16,19,30H,3-6,17-18,20H2,1-2H3/b21-19+.